The molecule has 0 amide bonds. The number of carbonyl (C=O) groups excluding carboxylic acids is 1. The number of ether oxygens (including phenoxy) is 1. The second kappa shape index (κ2) is 9.66. The fraction of sp³-hybridized carbons (Fsp3) is 0.480. The maximum absolute atomic E-state index is 11.0. The molecule has 0 aliphatic carbocycles. The number of hydrogen-bond donors (Lipinski definition) is 0. The first-order valence-corrected chi connectivity index (χ1v) is 10.9. The Morgan fingerprint density at radius 2 is 1.17 bits per heavy atom. The van der Waals surface area contributed by atoms with E-state index in [1.54, 1.807) is 0 Å². The molecule has 0 bridgehead atoms. The first-order chi connectivity index (χ1) is 14.2. The second-order valence-corrected chi connectivity index (χ2v) is 8.53. The van der Waals surface area contributed by atoms with Gasteiger partial charge >= 0.3 is 0 Å². The molecule has 0 aromatic heterocycles. The van der Waals surface area contributed by atoms with Gasteiger partial charge in [0.2, 0.25) is 0 Å². The smallest absolute Gasteiger partial charge is 0.135 e. The summed E-state index contributed by atoms with van der Waals surface area (Å²) in [7, 11) is 0. The fourth-order valence-corrected chi connectivity index (χ4v) is 4.15. The molecule has 3 aliphatic rings. The lowest BCUT2D eigenvalue weighted by atomic mass is 9.97. The summed E-state index contributed by atoms with van der Waals surface area (Å²) in [6, 6.07) is 21.1. The van der Waals surface area contributed by atoms with Crippen molar-refractivity contribution >= 4 is 5.78 Å². The Morgan fingerprint density at radius 1 is 0.724 bits per heavy atom. The maximum atomic E-state index is 11.0. The molecular formula is C25H32N2O2. The summed E-state index contributed by atoms with van der Waals surface area (Å²) in [5.74, 6) is 0.411. The third-order valence-electron chi connectivity index (χ3n) is 6.23. The Morgan fingerprint density at radius 3 is 1.62 bits per heavy atom. The predicted octanol–water partition coefficient (Wildman–Crippen LogP) is 3.90. The van der Waals surface area contributed by atoms with Crippen molar-refractivity contribution in [2.45, 2.75) is 44.4 Å². The molecule has 3 aliphatic heterocycles. The highest BCUT2D eigenvalue weighted by molar-refractivity contribution is 5.79. The highest BCUT2D eigenvalue weighted by Crippen LogP contribution is 2.37. The molecule has 5 rings (SSSR count). The first kappa shape index (κ1) is 20.3. The molecular weight excluding hydrogens is 360 g/mol. The van der Waals surface area contributed by atoms with E-state index in [4.69, 9.17) is 4.74 Å². The van der Waals surface area contributed by atoms with E-state index in [-0.39, 0.29) is 0 Å². The highest BCUT2D eigenvalue weighted by atomic mass is 16.6. The van der Waals surface area contributed by atoms with Gasteiger partial charge in [-0.05, 0) is 24.0 Å². The molecule has 4 nitrogen and oxygen atoms in total. The monoisotopic (exact) mass is 392 g/mol. The molecule has 0 saturated carbocycles. The number of rotatable bonds is 4. The molecule has 2 aromatic carbocycles. The van der Waals surface area contributed by atoms with Crippen LogP contribution in [0.3, 0.4) is 0 Å². The standard InChI is InChI=1S/C13H17NO.C12H15NO/c1-2-4-12(5-3-1)10-14-8-6-13(7-9-14)11-15-13;14-12-6-8-13(9-7-12)10-11-4-2-1-3-5-11/h1-5H,6-11H2;1-5H,6-10H2. The fourth-order valence-electron chi connectivity index (χ4n) is 4.15. The van der Waals surface area contributed by atoms with Gasteiger partial charge in [-0.2, -0.15) is 0 Å². The van der Waals surface area contributed by atoms with E-state index in [2.05, 4.69) is 64.4 Å². The van der Waals surface area contributed by atoms with Crippen molar-refractivity contribution in [3.05, 3.63) is 71.8 Å². The Hall–Kier alpha value is -2.01. The normalized spacial score (nSPS) is 21.4. The van der Waals surface area contributed by atoms with Gasteiger partial charge in [0.05, 0.1) is 12.2 Å². The Bertz CT molecular complexity index is 754. The van der Waals surface area contributed by atoms with E-state index >= 15 is 0 Å². The summed E-state index contributed by atoms with van der Waals surface area (Å²) >= 11 is 0. The summed E-state index contributed by atoms with van der Waals surface area (Å²) in [6.07, 6.45) is 3.90. The van der Waals surface area contributed by atoms with Crippen LogP contribution in [0.25, 0.3) is 0 Å². The lowest BCUT2D eigenvalue weighted by molar-refractivity contribution is -0.121. The van der Waals surface area contributed by atoms with Crippen molar-refractivity contribution in [3.8, 4) is 0 Å². The first-order valence-electron chi connectivity index (χ1n) is 10.9. The number of ketones is 1. The van der Waals surface area contributed by atoms with Crippen LogP contribution >= 0.6 is 0 Å². The van der Waals surface area contributed by atoms with Crippen LogP contribution in [0.4, 0.5) is 0 Å². The Kier molecular flexibility index (Phi) is 6.75. The van der Waals surface area contributed by atoms with E-state index in [0.717, 1.165) is 45.6 Å². The van der Waals surface area contributed by atoms with Gasteiger partial charge in [0.25, 0.3) is 0 Å². The highest BCUT2D eigenvalue weighted by Gasteiger charge is 2.46. The quantitative estimate of drug-likeness (QED) is 0.740. The lowest BCUT2D eigenvalue weighted by Crippen LogP contribution is -2.37. The number of Topliss-reactive ketones (excluding diaryl/α,β-unsaturated/α-hetero) is 1. The van der Waals surface area contributed by atoms with Crippen molar-refractivity contribution in [1.82, 2.24) is 9.80 Å². The largest absolute Gasteiger partial charge is 0.369 e. The molecule has 0 N–H and O–H groups in total. The van der Waals surface area contributed by atoms with E-state index in [1.165, 1.54) is 37.1 Å². The number of hydrogen-bond acceptors (Lipinski definition) is 4. The van der Waals surface area contributed by atoms with Crippen LogP contribution in [-0.2, 0) is 22.6 Å². The zero-order chi connectivity index (χ0) is 19.9. The predicted molar refractivity (Wildman–Crippen MR) is 116 cm³/mol. The van der Waals surface area contributed by atoms with Crippen LogP contribution < -0.4 is 0 Å². The van der Waals surface area contributed by atoms with Crippen molar-refractivity contribution < 1.29 is 9.53 Å². The lowest BCUT2D eigenvalue weighted by Gasteiger charge is -2.30. The molecule has 3 fully saturated rings. The van der Waals surface area contributed by atoms with Crippen LogP contribution in [-0.4, -0.2) is 54.0 Å². The van der Waals surface area contributed by atoms with E-state index in [1.807, 2.05) is 6.07 Å². The Labute approximate surface area is 174 Å². The summed E-state index contributed by atoms with van der Waals surface area (Å²) in [4.78, 5) is 15.9. The van der Waals surface area contributed by atoms with Crippen molar-refractivity contribution in [1.29, 1.82) is 0 Å². The molecule has 1 spiro atoms. The average Bonchev–Trinajstić information content (AvgIpc) is 3.53. The zero-order valence-electron chi connectivity index (χ0n) is 17.3. The number of carbonyl (C=O) groups is 1. The minimum atomic E-state index is 0.313. The van der Waals surface area contributed by atoms with Gasteiger partial charge in [-0.1, -0.05) is 60.7 Å². The van der Waals surface area contributed by atoms with E-state index < -0.39 is 0 Å². The van der Waals surface area contributed by atoms with Gasteiger partial charge in [0.1, 0.15) is 5.78 Å². The number of piperidine rings is 2. The minimum Gasteiger partial charge on any atom is -0.369 e. The molecule has 2 aromatic rings. The van der Waals surface area contributed by atoms with Crippen molar-refractivity contribution in [2.24, 2.45) is 0 Å². The van der Waals surface area contributed by atoms with E-state index in [0.29, 0.717) is 11.4 Å². The van der Waals surface area contributed by atoms with Crippen molar-refractivity contribution in [3.63, 3.8) is 0 Å². The third kappa shape index (κ3) is 6.23. The van der Waals surface area contributed by atoms with Crippen LogP contribution in [0.2, 0.25) is 0 Å². The molecule has 0 atom stereocenters. The molecule has 0 radical (unpaired) electrons. The number of benzene rings is 2. The summed E-state index contributed by atoms with van der Waals surface area (Å²) in [5.41, 5.74) is 3.07. The number of nitrogens with zero attached hydrogens (tertiary/aromatic N) is 2. The second-order valence-electron chi connectivity index (χ2n) is 8.53. The van der Waals surface area contributed by atoms with Gasteiger partial charge in [0.15, 0.2) is 0 Å². The van der Waals surface area contributed by atoms with Crippen LogP contribution in [0.1, 0.15) is 36.8 Å². The number of epoxide rings is 1. The van der Waals surface area contributed by atoms with Crippen LogP contribution in [0.15, 0.2) is 60.7 Å². The molecule has 29 heavy (non-hydrogen) atoms. The summed E-state index contributed by atoms with van der Waals surface area (Å²) in [5, 5.41) is 0. The van der Waals surface area contributed by atoms with Crippen molar-refractivity contribution in [2.75, 3.05) is 32.8 Å². The average molecular weight is 393 g/mol. The van der Waals surface area contributed by atoms with Gasteiger partial charge < -0.3 is 4.74 Å². The Balaban J connectivity index is 0.000000142. The van der Waals surface area contributed by atoms with Gasteiger partial charge in [-0.3, -0.25) is 14.6 Å². The number of likely N-dealkylation sites (tertiary alicyclic amines) is 2. The molecule has 154 valence electrons. The zero-order valence-corrected chi connectivity index (χ0v) is 17.3. The third-order valence-corrected chi connectivity index (χ3v) is 6.23. The molecule has 3 saturated heterocycles. The van der Waals surface area contributed by atoms with Gasteiger partial charge in [-0.25, -0.2) is 0 Å². The molecule has 4 heteroatoms. The van der Waals surface area contributed by atoms with Crippen LogP contribution in [0.5, 0.6) is 0 Å². The molecule has 3 heterocycles. The molecule has 0 unspecified atom stereocenters. The van der Waals surface area contributed by atoms with E-state index in [9.17, 15) is 4.79 Å². The van der Waals surface area contributed by atoms with Gasteiger partial charge in [0, 0.05) is 52.1 Å². The van der Waals surface area contributed by atoms with Gasteiger partial charge in [-0.15, -0.1) is 0 Å². The summed E-state index contributed by atoms with van der Waals surface area (Å²) in [6.45, 7) is 7.31. The SMILES string of the molecule is O=C1CCN(Cc2ccccc2)CC1.c1ccc(CN2CCC3(CC2)CO3)cc1. The topological polar surface area (TPSA) is 36.1 Å². The maximum Gasteiger partial charge on any atom is 0.135 e. The summed E-state index contributed by atoms with van der Waals surface area (Å²) < 4.78 is 5.51. The minimum absolute atomic E-state index is 0.313. The van der Waals surface area contributed by atoms with Crippen LogP contribution in [0, 0.1) is 0 Å².